The number of aromatic nitrogens is 3. The maximum Gasteiger partial charge on any atom is 0.250 e. The summed E-state index contributed by atoms with van der Waals surface area (Å²) in [5.74, 6) is -1.09. The van der Waals surface area contributed by atoms with Gasteiger partial charge in [0.15, 0.2) is 4.34 Å². The van der Waals surface area contributed by atoms with Crippen molar-refractivity contribution >= 4 is 75.8 Å². The van der Waals surface area contributed by atoms with Gasteiger partial charge < -0.3 is 20.5 Å². The van der Waals surface area contributed by atoms with Crippen LogP contribution in [0, 0.1) is 6.92 Å². The summed E-state index contributed by atoms with van der Waals surface area (Å²) in [5, 5.41) is 12.6. The Morgan fingerprint density at radius 2 is 1.94 bits per heavy atom. The lowest BCUT2D eigenvalue weighted by Crippen LogP contribution is -2.74. The third kappa shape index (κ3) is 4.92. The fraction of sp³-hybridized carbons (Fsp3) is 0.333. The predicted molar refractivity (Wildman–Crippen MR) is 127 cm³/mol. The van der Waals surface area contributed by atoms with E-state index in [1.165, 1.54) is 56.7 Å². The summed E-state index contributed by atoms with van der Waals surface area (Å²) >= 11 is 15.8. The predicted octanol–water partition coefficient (Wildman–Crippen LogP) is 1.25. The molecule has 0 spiro atoms. The van der Waals surface area contributed by atoms with Crippen molar-refractivity contribution < 1.29 is 14.4 Å². The van der Waals surface area contributed by atoms with Crippen molar-refractivity contribution in [3.8, 4) is 0 Å². The highest BCUT2D eigenvalue weighted by Gasteiger charge is 2.55. The van der Waals surface area contributed by atoms with Crippen molar-refractivity contribution in [3.63, 3.8) is 0 Å². The maximum atomic E-state index is 12.8. The molecule has 3 N–H and O–H groups in total. The molecule has 3 atom stereocenters. The van der Waals surface area contributed by atoms with Gasteiger partial charge in [0.1, 0.15) is 39.1 Å². The summed E-state index contributed by atoms with van der Waals surface area (Å²) in [6.07, 6.45) is 2.57. The summed E-state index contributed by atoms with van der Waals surface area (Å²) in [6.45, 7) is 1.65. The van der Waals surface area contributed by atoms with Gasteiger partial charge in [0.05, 0.1) is 0 Å². The van der Waals surface area contributed by atoms with Gasteiger partial charge in [-0.15, -0.1) is 22.0 Å². The molecule has 0 bridgehead atoms. The molecule has 10 nitrogen and oxygen atoms in total. The fourth-order valence-corrected chi connectivity index (χ4v) is 7.04. The standard InChI is InChI=1S/C18H16Cl2N6O4S3/c1-7-23-24-18(33-7)32-6-8-5-31-17-12(16(30)26(17)13(8)15(21)29)22-11(27)4-25-2-9(19)14(28)10(20)3-25/h2-3,5,12-13,17H,4,6H2,1H3,(H2,21,29)(H,22,27)/t12-,13?,17-/m1/s1. The molecule has 2 aliphatic heterocycles. The molecular formula is C18H16Cl2N6O4S3. The first kappa shape index (κ1) is 24.1. The number of hydrogen-bond acceptors (Lipinski definition) is 9. The Morgan fingerprint density at radius 1 is 1.24 bits per heavy atom. The number of nitrogens with two attached hydrogens (primary N) is 1. The van der Waals surface area contributed by atoms with Crippen LogP contribution in [0.2, 0.25) is 10.0 Å². The lowest BCUT2D eigenvalue weighted by molar-refractivity contribution is -0.154. The first-order valence-corrected chi connectivity index (χ1v) is 12.9. The van der Waals surface area contributed by atoms with E-state index in [4.69, 9.17) is 28.9 Å². The number of primary amides is 1. The third-order valence-electron chi connectivity index (χ3n) is 4.84. The number of carbonyl (C=O) groups is 3. The van der Waals surface area contributed by atoms with Gasteiger partial charge >= 0.3 is 0 Å². The second kappa shape index (κ2) is 9.66. The molecule has 4 rings (SSSR count). The summed E-state index contributed by atoms with van der Waals surface area (Å²) in [5.41, 5.74) is 5.77. The zero-order valence-corrected chi connectivity index (χ0v) is 20.8. The minimum Gasteiger partial charge on any atom is -0.368 e. The largest absolute Gasteiger partial charge is 0.368 e. The minimum absolute atomic E-state index is 0.118. The van der Waals surface area contributed by atoms with Gasteiger partial charge in [0.2, 0.25) is 23.2 Å². The maximum absolute atomic E-state index is 12.8. The van der Waals surface area contributed by atoms with Crippen LogP contribution in [0.25, 0.3) is 0 Å². The highest BCUT2D eigenvalue weighted by Crippen LogP contribution is 2.41. The zero-order chi connectivity index (χ0) is 23.9. The summed E-state index contributed by atoms with van der Waals surface area (Å²) in [7, 11) is 0. The van der Waals surface area contributed by atoms with Gasteiger partial charge in [-0.25, -0.2) is 0 Å². The van der Waals surface area contributed by atoms with Crippen LogP contribution in [0.5, 0.6) is 0 Å². The van der Waals surface area contributed by atoms with Crippen molar-refractivity contribution in [1.29, 1.82) is 0 Å². The molecule has 1 saturated heterocycles. The second-order valence-corrected chi connectivity index (χ2v) is 11.4. The number of rotatable bonds is 7. The van der Waals surface area contributed by atoms with Crippen LogP contribution >= 0.6 is 58.1 Å². The van der Waals surface area contributed by atoms with Crippen LogP contribution in [0.3, 0.4) is 0 Å². The molecule has 1 fully saturated rings. The number of nitrogens with zero attached hydrogens (tertiary/aromatic N) is 4. The fourth-order valence-electron chi connectivity index (χ4n) is 3.39. The lowest BCUT2D eigenvalue weighted by atomic mass is 9.98. The second-order valence-electron chi connectivity index (χ2n) is 7.15. The van der Waals surface area contributed by atoms with E-state index in [0.717, 1.165) is 9.35 Å². The van der Waals surface area contributed by atoms with Crippen LogP contribution in [-0.4, -0.2) is 60.6 Å². The van der Waals surface area contributed by atoms with Crippen LogP contribution in [0.4, 0.5) is 0 Å². The van der Waals surface area contributed by atoms with Gasteiger partial charge in [-0.2, -0.15) is 0 Å². The molecule has 2 aromatic rings. The lowest BCUT2D eigenvalue weighted by Gasteiger charge is -2.51. The number of fused-ring (bicyclic) bond motifs is 1. The van der Waals surface area contributed by atoms with Crippen LogP contribution in [-0.2, 0) is 20.9 Å². The molecule has 0 aliphatic carbocycles. The number of nitrogens with one attached hydrogen (secondary N) is 1. The molecule has 0 aromatic carbocycles. The van der Waals surface area contributed by atoms with Crippen LogP contribution in [0.1, 0.15) is 5.01 Å². The monoisotopic (exact) mass is 546 g/mol. The zero-order valence-electron chi connectivity index (χ0n) is 16.9. The topological polar surface area (TPSA) is 140 Å². The highest BCUT2D eigenvalue weighted by atomic mass is 35.5. The molecule has 0 saturated carbocycles. The number of amides is 3. The molecule has 0 radical (unpaired) electrons. The molecule has 1 unspecified atom stereocenters. The summed E-state index contributed by atoms with van der Waals surface area (Å²) in [6, 6.07) is -1.71. The van der Waals surface area contributed by atoms with Crippen LogP contribution in [0.15, 0.2) is 32.5 Å². The van der Waals surface area contributed by atoms with Gasteiger partial charge in [-0.1, -0.05) is 46.3 Å². The molecule has 2 aliphatic rings. The van der Waals surface area contributed by atoms with E-state index in [-0.39, 0.29) is 16.6 Å². The number of thioether (sulfide) groups is 2. The number of β-lactam (4-membered cyclic amide) rings is 1. The van der Waals surface area contributed by atoms with E-state index < -0.39 is 40.6 Å². The van der Waals surface area contributed by atoms with Crippen molar-refractivity contribution in [2.75, 3.05) is 5.75 Å². The number of carbonyl (C=O) groups excluding carboxylic acids is 3. The van der Waals surface area contributed by atoms with Gasteiger partial charge in [0, 0.05) is 18.1 Å². The Kier molecular flexibility index (Phi) is 7.05. The van der Waals surface area contributed by atoms with E-state index >= 15 is 0 Å². The molecule has 174 valence electrons. The van der Waals surface area contributed by atoms with Crippen molar-refractivity contribution in [3.05, 3.63) is 48.7 Å². The number of hydrogen-bond donors (Lipinski definition) is 2. The molecular weight excluding hydrogens is 531 g/mol. The number of aryl methyl sites for hydroxylation is 1. The van der Waals surface area contributed by atoms with Gasteiger partial charge in [0.25, 0.3) is 0 Å². The van der Waals surface area contributed by atoms with Gasteiger partial charge in [-0.05, 0) is 17.9 Å². The quantitative estimate of drug-likeness (QED) is 0.390. The third-order valence-corrected chi connectivity index (χ3v) is 8.64. The van der Waals surface area contributed by atoms with Crippen molar-refractivity contribution in [2.24, 2.45) is 5.73 Å². The smallest absolute Gasteiger partial charge is 0.250 e. The highest BCUT2D eigenvalue weighted by molar-refractivity contribution is 8.03. The van der Waals surface area contributed by atoms with E-state index in [1.54, 1.807) is 0 Å². The normalized spacial score (nSPS) is 21.8. The number of pyridine rings is 1. The average Bonchev–Trinajstić information content (AvgIpc) is 3.18. The Balaban J connectivity index is 1.42. The number of halogens is 2. The van der Waals surface area contributed by atoms with Crippen molar-refractivity contribution in [2.45, 2.75) is 35.3 Å². The van der Waals surface area contributed by atoms with E-state index in [0.29, 0.717) is 11.3 Å². The molecule has 33 heavy (non-hydrogen) atoms. The minimum atomic E-state index is -0.894. The van der Waals surface area contributed by atoms with Gasteiger partial charge in [-0.3, -0.25) is 19.2 Å². The Labute approximate surface area is 209 Å². The molecule has 4 heterocycles. The van der Waals surface area contributed by atoms with E-state index in [2.05, 4.69) is 15.5 Å². The average molecular weight is 547 g/mol. The van der Waals surface area contributed by atoms with E-state index in [9.17, 15) is 19.2 Å². The summed E-state index contributed by atoms with van der Waals surface area (Å²) < 4.78 is 2.11. The Hall–Kier alpha value is -2.06. The molecule has 2 aromatic heterocycles. The Bertz CT molecular complexity index is 1210. The SMILES string of the molecule is Cc1nnc(SCC2=CS[C@@H]3[C@H](NC(=O)Cn4cc(Cl)c(=O)c(Cl)c4)C(=O)N3C2C(N)=O)s1. The van der Waals surface area contributed by atoms with E-state index in [1.807, 2.05) is 12.3 Å². The molecule has 3 amide bonds. The Morgan fingerprint density at radius 3 is 2.55 bits per heavy atom. The first-order chi connectivity index (χ1) is 15.7. The first-order valence-electron chi connectivity index (χ1n) is 9.39. The van der Waals surface area contributed by atoms with Crippen molar-refractivity contribution in [1.82, 2.24) is 25.0 Å². The molecule has 15 heteroatoms. The summed E-state index contributed by atoms with van der Waals surface area (Å²) in [4.78, 5) is 50.5. The van der Waals surface area contributed by atoms with Crippen LogP contribution < -0.4 is 16.5 Å².